The summed E-state index contributed by atoms with van der Waals surface area (Å²) in [6.07, 6.45) is 4.97. The average Bonchev–Trinajstić information content (AvgIpc) is 2.92. The first kappa shape index (κ1) is 22.0. The molecule has 7 nitrogen and oxygen atoms in total. The van der Waals surface area contributed by atoms with Gasteiger partial charge in [-0.05, 0) is 50.3 Å². The molecule has 8 heteroatoms. The smallest absolute Gasteiger partial charge is 0.341 e. The summed E-state index contributed by atoms with van der Waals surface area (Å²) >= 11 is 1.46. The van der Waals surface area contributed by atoms with E-state index in [4.69, 9.17) is 18.9 Å². The molecule has 1 aliphatic rings. The molecule has 1 N–H and O–H groups in total. The molecule has 1 aliphatic carbocycles. The van der Waals surface area contributed by atoms with Crippen LogP contribution in [0.25, 0.3) is 0 Å². The van der Waals surface area contributed by atoms with Crippen molar-refractivity contribution < 1.29 is 28.5 Å². The van der Waals surface area contributed by atoms with E-state index in [2.05, 4.69) is 5.32 Å². The van der Waals surface area contributed by atoms with Crippen molar-refractivity contribution in [3.8, 4) is 17.2 Å². The molecule has 1 amide bonds. The Bertz CT molecular complexity index is 911. The molecule has 0 saturated carbocycles. The molecule has 0 aliphatic heterocycles. The van der Waals surface area contributed by atoms with E-state index in [1.54, 1.807) is 19.1 Å². The molecule has 2 aromatic rings. The highest BCUT2D eigenvalue weighted by Crippen LogP contribution is 2.40. The number of carbonyl (C=O) groups excluding carboxylic acids is 2. The second-order valence-electron chi connectivity index (χ2n) is 6.86. The quantitative estimate of drug-likeness (QED) is 0.512. The summed E-state index contributed by atoms with van der Waals surface area (Å²) < 4.78 is 21.3. The van der Waals surface area contributed by atoms with E-state index in [9.17, 15) is 9.59 Å². The third kappa shape index (κ3) is 4.38. The van der Waals surface area contributed by atoms with Crippen LogP contribution in [0.3, 0.4) is 0 Å². The van der Waals surface area contributed by atoms with Gasteiger partial charge in [0, 0.05) is 10.4 Å². The number of methoxy groups -OCH3 is 3. The Kier molecular flexibility index (Phi) is 7.20. The minimum Gasteiger partial charge on any atom is -0.493 e. The van der Waals surface area contributed by atoms with Crippen molar-refractivity contribution in [2.75, 3.05) is 33.3 Å². The lowest BCUT2D eigenvalue weighted by molar-refractivity contribution is 0.0527. The Hall–Kier alpha value is -2.74. The zero-order chi connectivity index (χ0) is 21.7. The number of esters is 1. The summed E-state index contributed by atoms with van der Waals surface area (Å²) in [7, 11) is 4.49. The fourth-order valence-corrected chi connectivity index (χ4v) is 4.91. The lowest BCUT2D eigenvalue weighted by atomic mass is 10.1. The van der Waals surface area contributed by atoms with Crippen LogP contribution in [0.15, 0.2) is 12.1 Å². The number of rotatable bonds is 7. The molecule has 0 spiro atoms. The molecule has 0 saturated heterocycles. The van der Waals surface area contributed by atoms with Crippen LogP contribution in [0.2, 0.25) is 0 Å². The second-order valence-corrected chi connectivity index (χ2v) is 7.96. The summed E-state index contributed by atoms with van der Waals surface area (Å²) in [5.74, 6) is 0.420. The molecule has 0 bridgehead atoms. The number of fused-ring (bicyclic) bond motifs is 1. The van der Waals surface area contributed by atoms with Gasteiger partial charge in [-0.3, -0.25) is 4.79 Å². The predicted molar refractivity (Wildman–Crippen MR) is 116 cm³/mol. The first-order chi connectivity index (χ1) is 14.5. The molecule has 1 heterocycles. The van der Waals surface area contributed by atoms with Gasteiger partial charge in [-0.1, -0.05) is 6.42 Å². The maximum atomic E-state index is 13.1. The van der Waals surface area contributed by atoms with Crippen molar-refractivity contribution in [3.63, 3.8) is 0 Å². The molecular weight excluding hydrogens is 406 g/mol. The Morgan fingerprint density at radius 2 is 1.67 bits per heavy atom. The molecule has 3 rings (SSSR count). The maximum absolute atomic E-state index is 13.1. The SMILES string of the molecule is CCOC(=O)c1c(NC(=O)c2cc(OC)c(OC)c(OC)c2)sc2c1CCCCC2. The summed E-state index contributed by atoms with van der Waals surface area (Å²) in [4.78, 5) is 26.9. The van der Waals surface area contributed by atoms with E-state index < -0.39 is 5.97 Å². The number of amides is 1. The second kappa shape index (κ2) is 9.84. The van der Waals surface area contributed by atoms with Gasteiger partial charge in [0.25, 0.3) is 5.91 Å². The van der Waals surface area contributed by atoms with Gasteiger partial charge in [0.15, 0.2) is 11.5 Å². The van der Waals surface area contributed by atoms with Crippen LogP contribution >= 0.6 is 11.3 Å². The van der Waals surface area contributed by atoms with Gasteiger partial charge in [-0.2, -0.15) is 0 Å². The molecule has 0 atom stereocenters. The minimum absolute atomic E-state index is 0.281. The lowest BCUT2D eigenvalue weighted by Gasteiger charge is -2.14. The van der Waals surface area contributed by atoms with Crippen LogP contribution in [-0.4, -0.2) is 39.8 Å². The van der Waals surface area contributed by atoms with Gasteiger partial charge in [0.05, 0.1) is 33.5 Å². The summed E-state index contributed by atoms with van der Waals surface area (Å²) in [6.45, 7) is 2.06. The maximum Gasteiger partial charge on any atom is 0.341 e. The topological polar surface area (TPSA) is 83.1 Å². The molecule has 30 heavy (non-hydrogen) atoms. The van der Waals surface area contributed by atoms with E-state index in [1.165, 1.54) is 32.7 Å². The molecule has 0 fully saturated rings. The Labute approximate surface area is 180 Å². The Morgan fingerprint density at radius 1 is 1.00 bits per heavy atom. The predicted octanol–water partition coefficient (Wildman–Crippen LogP) is 4.47. The molecule has 1 aromatic carbocycles. The highest BCUT2D eigenvalue weighted by molar-refractivity contribution is 7.17. The van der Waals surface area contributed by atoms with Crippen molar-refractivity contribution in [2.45, 2.75) is 39.0 Å². The van der Waals surface area contributed by atoms with Gasteiger partial charge in [0.1, 0.15) is 5.00 Å². The largest absolute Gasteiger partial charge is 0.493 e. The van der Waals surface area contributed by atoms with E-state index in [0.717, 1.165) is 42.5 Å². The standard InChI is InChI=1S/C22H27NO6S/c1-5-29-22(25)18-14-9-7-6-8-10-17(14)30-21(18)23-20(24)13-11-15(26-2)19(28-4)16(12-13)27-3/h11-12H,5-10H2,1-4H3,(H,23,24). The van der Waals surface area contributed by atoms with E-state index >= 15 is 0 Å². The van der Waals surface area contributed by atoms with E-state index in [1.807, 2.05) is 0 Å². The molecule has 1 aromatic heterocycles. The van der Waals surface area contributed by atoms with Crippen LogP contribution < -0.4 is 19.5 Å². The number of anilines is 1. The third-order valence-electron chi connectivity index (χ3n) is 5.05. The molecule has 0 unspecified atom stereocenters. The van der Waals surface area contributed by atoms with Gasteiger partial charge in [0.2, 0.25) is 5.75 Å². The number of hydrogen-bond acceptors (Lipinski definition) is 7. The van der Waals surface area contributed by atoms with Gasteiger partial charge >= 0.3 is 5.97 Å². The zero-order valence-corrected chi connectivity index (χ0v) is 18.6. The van der Waals surface area contributed by atoms with Crippen LogP contribution in [0.4, 0.5) is 5.00 Å². The first-order valence-corrected chi connectivity index (χ1v) is 10.8. The first-order valence-electron chi connectivity index (χ1n) is 9.97. The van der Waals surface area contributed by atoms with E-state index in [-0.39, 0.29) is 12.5 Å². The fraction of sp³-hybridized carbons (Fsp3) is 0.455. The highest BCUT2D eigenvalue weighted by atomic mass is 32.1. The lowest BCUT2D eigenvalue weighted by Crippen LogP contribution is -2.15. The number of aryl methyl sites for hydroxylation is 1. The van der Waals surface area contributed by atoms with Crippen LogP contribution in [-0.2, 0) is 17.6 Å². The summed E-state index contributed by atoms with van der Waals surface area (Å²) in [5, 5.41) is 3.44. The normalized spacial score (nSPS) is 13.1. The van der Waals surface area contributed by atoms with Crippen molar-refractivity contribution in [2.24, 2.45) is 0 Å². The fourth-order valence-electron chi connectivity index (χ4n) is 3.64. The molecule has 162 valence electrons. The van der Waals surface area contributed by atoms with Crippen LogP contribution in [0.5, 0.6) is 17.2 Å². The van der Waals surface area contributed by atoms with E-state index in [0.29, 0.717) is 33.4 Å². The van der Waals surface area contributed by atoms with Gasteiger partial charge in [-0.25, -0.2) is 4.79 Å². The number of nitrogens with one attached hydrogen (secondary N) is 1. The Morgan fingerprint density at radius 3 is 2.27 bits per heavy atom. The summed E-state index contributed by atoms with van der Waals surface area (Å²) in [6, 6.07) is 3.17. The number of benzene rings is 1. The number of carbonyl (C=O) groups is 2. The van der Waals surface area contributed by atoms with Crippen LogP contribution in [0.1, 0.15) is 57.3 Å². The third-order valence-corrected chi connectivity index (χ3v) is 6.26. The van der Waals surface area contributed by atoms with Crippen molar-refractivity contribution in [1.29, 1.82) is 0 Å². The molecular formula is C22H27NO6S. The van der Waals surface area contributed by atoms with Gasteiger partial charge in [-0.15, -0.1) is 11.3 Å². The Balaban J connectivity index is 1.98. The number of thiophene rings is 1. The average molecular weight is 434 g/mol. The highest BCUT2D eigenvalue weighted by Gasteiger charge is 2.27. The number of ether oxygens (including phenoxy) is 4. The minimum atomic E-state index is -0.392. The monoisotopic (exact) mass is 433 g/mol. The zero-order valence-electron chi connectivity index (χ0n) is 17.8. The van der Waals surface area contributed by atoms with Crippen molar-refractivity contribution >= 4 is 28.2 Å². The number of hydrogen-bond donors (Lipinski definition) is 1. The van der Waals surface area contributed by atoms with Gasteiger partial charge < -0.3 is 24.3 Å². The van der Waals surface area contributed by atoms with Crippen molar-refractivity contribution in [3.05, 3.63) is 33.7 Å². The van der Waals surface area contributed by atoms with Crippen LogP contribution in [0, 0.1) is 0 Å². The van der Waals surface area contributed by atoms with Crippen molar-refractivity contribution in [1.82, 2.24) is 0 Å². The summed E-state index contributed by atoms with van der Waals surface area (Å²) in [5.41, 5.74) is 1.83. The molecule has 0 radical (unpaired) electrons.